The van der Waals surface area contributed by atoms with Crippen LogP contribution in [0.25, 0.3) is 11.3 Å². The first-order valence-electron chi connectivity index (χ1n) is 9.69. The smallest absolute Gasteiger partial charge is 0.329 e. The molecule has 32 heavy (non-hydrogen) atoms. The van der Waals surface area contributed by atoms with Gasteiger partial charge in [0.05, 0.1) is 28.6 Å². The van der Waals surface area contributed by atoms with E-state index in [1.165, 1.54) is 7.41 Å². The molecule has 1 aliphatic rings. The number of benzene rings is 2. The largest absolute Gasteiger partial charge is 0.410 e. The molecule has 10 heteroatoms. The summed E-state index contributed by atoms with van der Waals surface area (Å²) in [5, 5.41) is 23.9. The van der Waals surface area contributed by atoms with E-state index in [1.807, 2.05) is 13.0 Å². The second kappa shape index (κ2) is 8.79. The van der Waals surface area contributed by atoms with E-state index in [0.29, 0.717) is 56.9 Å². The maximum atomic E-state index is 11.1. The average Bonchev–Trinajstić information content (AvgIpc) is 3.08. The minimum absolute atomic E-state index is 0.138. The van der Waals surface area contributed by atoms with Gasteiger partial charge in [-0.1, -0.05) is 30.1 Å². The van der Waals surface area contributed by atoms with E-state index in [4.69, 9.17) is 23.2 Å². The summed E-state index contributed by atoms with van der Waals surface area (Å²) in [6, 6.07) is 12.6. The number of fused-ring (bicyclic) bond motifs is 1. The van der Waals surface area contributed by atoms with Gasteiger partial charge in [0.1, 0.15) is 12.3 Å². The number of nitrogens with zero attached hydrogens (tertiary/aromatic N) is 4. The molecule has 159 valence electrons. The normalized spacial score (nSPS) is 16.9. The zero-order chi connectivity index (χ0) is 22.9. The molecule has 0 saturated heterocycles. The van der Waals surface area contributed by atoms with Gasteiger partial charge >= 0.3 is 7.41 Å². The van der Waals surface area contributed by atoms with Crippen molar-refractivity contribution in [2.24, 2.45) is 0 Å². The monoisotopic (exact) mass is 464 g/mol. The number of nitrogens with one attached hydrogen (secondary N) is 1. The molecule has 1 aliphatic heterocycles. The van der Waals surface area contributed by atoms with Gasteiger partial charge in [-0.2, -0.15) is 5.26 Å². The number of carbonyl (C=O) groups excluding carboxylic acids is 1. The molecule has 0 amide bonds. The summed E-state index contributed by atoms with van der Waals surface area (Å²) in [5.74, 6) is 0.312. The fourth-order valence-electron chi connectivity index (χ4n) is 3.81. The number of hydrogen-bond acceptors (Lipinski definition) is 7. The van der Waals surface area contributed by atoms with Gasteiger partial charge in [0, 0.05) is 34.4 Å². The van der Waals surface area contributed by atoms with Crippen LogP contribution >= 0.6 is 23.2 Å². The Morgan fingerprint density at radius 2 is 2.16 bits per heavy atom. The van der Waals surface area contributed by atoms with Crippen molar-refractivity contribution in [3.05, 3.63) is 63.8 Å². The van der Waals surface area contributed by atoms with Gasteiger partial charge < -0.3 is 20.0 Å². The number of hydrogen-bond donors (Lipinski definition) is 2. The molecule has 1 atom stereocenters. The quantitative estimate of drug-likeness (QED) is 0.420. The van der Waals surface area contributed by atoms with Crippen molar-refractivity contribution >= 4 is 54.1 Å². The molecule has 1 aromatic heterocycles. The number of nitriles is 1. The Labute approximate surface area is 195 Å². The highest BCUT2D eigenvalue weighted by molar-refractivity contribution is 6.70. The molecule has 7 nitrogen and oxygen atoms in total. The molecular formula is C22H17BCl2N5O2. The number of aliphatic hydroxyl groups is 1. The van der Waals surface area contributed by atoms with Crippen LogP contribution in [-0.2, 0) is 10.2 Å². The number of aliphatic hydroxyl groups excluding tert-OH is 1. The third-order valence-electron chi connectivity index (χ3n) is 5.40. The first kappa shape index (κ1) is 22.1. The third kappa shape index (κ3) is 4.03. The Hall–Kier alpha value is -3.12. The Kier molecular flexibility index (Phi) is 6.07. The van der Waals surface area contributed by atoms with Gasteiger partial charge in [0.25, 0.3) is 0 Å². The summed E-state index contributed by atoms with van der Waals surface area (Å²) in [7, 11) is 1.38. The lowest BCUT2D eigenvalue weighted by Crippen LogP contribution is -2.36. The van der Waals surface area contributed by atoms with Crippen LogP contribution in [0.15, 0.2) is 42.6 Å². The predicted molar refractivity (Wildman–Crippen MR) is 126 cm³/mol. The van der Waals surface area contributed by atoms with Crippen molar-refractivity contribution in [3.8, 4) is 17.3 Å². The van der Waals surface area contributed by atoms with E-state index < -0.39 is 5.41 Å². The first-order chi connectivity index (χ1) is 15.4. The summed E-state index contributed by atoms with van der Waals surface area (Å²) in [6.45, 7) is 2.14. The van der Waals surface area contributed by atoms with Gasteiger partial charge in [-0.3, -0.25) is 0 Å². The van der Waals surface area contributed by atoms with Gasteiger partial charge in [0.2, 0.25) is 5.95 Å². The van der Waals surface area contributed by atoms with Crippen LogP contribution < -0.4 is 10.1 Å². The Balaban J connectivity index is 1.78. The van der Waals surface area contributed by atoms with Crippen LogP contribution in [0.4, 0.5) is 17.3 Å². The van der Waals surface area contributed by atoms with Gasteiger partial charge in [0.15, 0.2) is 0 Å². The molecule has 0 bridgehead atoms. The summed E-state index contributed by atoms with van der Waals surface area (Å²) in [4.78, 5) is 21.6. The fourth-order valence-corrected chi connectivity index (χ4v) is 4.14. The number of rotatable bonds is 6. The SMILES string of the molecule is CC1(CO)CN([B]C=O)c2c(C#N)cc(-c3ccnc(Nc4cc(Cl)ccc4Cl)n3)cc21. The lowest BCUT2D eigenvalue weighted by atomic mass is 9.83. The van der Waals surface area contributed by atoms with Gasteiger partial charge in [-0.25, -0.2) is 9.97 Å². The topological polar surface area (TPSA) is 102 Å². The van der Waals surface area contributed by atoms with E-state index in [-0.39, 0.29) is 6.61 Å². The first-order valence-corrected chi connectivity index (χ1v) is 10.4. The second-order valence-corrected chi connectivity index (χ2v) is 8.52. The zero-order valence-electron chi connectivity index (χ0n) is 17.0. The highest BCUT2D eigenvalue weighted by Gasteiger charge is 2.40. The van der Waals surface area contributed by atoms with Crippen molar-refractivity contribution in [2.75, 3.05) is 23.3 Å². The Bertz CT molecular complexity index is 1250. The van der Waals surface area contributed by atoms with E-state index >= 15 is 0 Å². The molecule has 2 aromatic carbocycles. The average molecular weight is 465 g/mol. The molecule has 2 N–H and O–H groups in total. The zero-order valence-corrected chi connectivity index (χ0v) is 18.5. The molecule has 1 unspecified atom stereocenters. The predicted octanol–water partition coefficient (Wildman–Crippen LogP) is 3.95. The second-order valence-electron chi connectivity index (χ2n) is 7.68. The van der Waals surface area contributed by atoms with Crippen LogP contribution in [0, 0.1) is 11.3 Å². The van der Waals surface area contributed by atoms with Crippen LogP contribution in [0.5, 0.6) is 0 Å². The van der Waals surface area contributed by atoms with E-state index in [9.17, 15) is 15.2 Å². The molecule has 0 saturated carbocycles. The minimum atomic E-state index is -0.640. The van der Waals surface area contributed by atoms with Crippen molar-refractivity contribution in [3.63, 3.8) is 0 Å². The molecule has 0 spiro atoms. The minimum Gasteiger partial charge on any atom is -0.410 e. The maximum absolute atomic E-state index is 11.1. The molecule has 0 fully saturated rings. The van der Waals surface area contributed by atoms with Crippen molar-refractivity contribution in [2.45, 2.75) is 12.3 Å². The molecule has 1 radical (unpaired) electrons. The van der Waals surface area contributed by atoms with Gasteiger partial charge in [-0.15, -0.1) is 0 Å². The van der Waals surface area contributed by atoms with Crippen molar-refractivity contribution in [1.82, 2.24) is 9.97 Å². The van der Waals surface area contributed by atoms with Crippen LogP contribution in [0.2, 0.25) is 10.0 Å². The fraction of sp³-hybridized carbons (Fsp3) is 0.182. The van der Waals surface area contributed by atoms with Crippen LogP contribution in [0.1, 0.15) is 18.1 Å². The summed E-state index contributed by atoms with van der Waals surface area (Å²) >= 11 is 12.3. The number of aromatic nitrogens is 2. The standard InChI is InChI=1S/C22H17BCl2N5O2/c1-22(11-31)10-30(23-12-32)20-14(9-26)6-13(7-16(20)22)18-4-5-27-21(28-18)29-19-8-15(24)2-3-17(19)25/h2-8,12,31H,10-11H2,1H3,(H,27,28,29). The summed E-state index contributed by atoms with van der Waals surface area (Å²) in [6.07, 6.45) is 2.27. The molecule has 2 heterocycles. The lowest BCUT2D eigenvalue weighted by Gasteiger charge is -2.23. The lowest BCUT2D eigenvalue weighted by molar-refractivity contribution is 0.217. The molecule has 4 rings (SSSR count). The third-order valence-corrected chi connectivity index (χ3v) is 5.97. The summed E-state index contributed by atoms with van der Waals surface area (Å²) < 4.78 is 0. The van der Waals surface area contributed by atoms with Crippen LogP contribution in [0.3, 0.4) is 0 Å². The molecule has 0 aliphatic carbocycles. The molecular weight excluding hydrogens is 448 g/mol. The number of halogens is 2. The van der Waals surface area contributed by atoms with Crippen molar-refractivity contribution < 1.29 is 9.90 Å². The summed E-state index contributed by atoms with van der Waals surface area (Å²) in [5.41, 5.74) is 2.98. The Morgan fingerprint density at radius 3 is 2.88 bits per heavy atom. The molecule has 3 aromatic rings. The Morgan fingerprint density at radius 1 is 1.34 bits per heavy atom. The maximum Gasteiger partial charge on any atom is 0.329 e. The van der Waals surface area contributed by atoms with Crippen molar-refractivity contribution in [1.29, 1.82) is 5.26 Å². The van der Waals surface area contributed by atoms with Crippen LogP contribution in [-0.4, -0.2) is 41.8 Å². The van der Waals surface area contributed by atoms with E-state index in [1.54, 1.807) is 41.3 Å². The number of anilines is 3. The number of carbonyl (C=O) groups is 1. The van der Waals surface area contributed by atoms with E-state index in [2.05, 4.69) is 21.4 Å². The highest BCUT2D eigenvalue weighted by atomic mass is 35.5. The highest BCUT2D eigenvalue weighted by Crippen LogP contribution is 2.44. The van der Waals surface area contributed by atoms with Gasteiger partial charge in [-0.05, 0) is 42.0 Å². The van der Waals surface area contributed by atoms with E-state index in [0.717, 1.165) is 5.56 Å².